The largest absolute Gasteiger partial charge is 0.396 e. The molecule has 0 aliphatic rings. The zero-order valence-corrected chi connectivity index (χ0v) is 7.85. The molecule has 0 spiro atoms. The first-order valence-corrected chi connectivity index (χ1v) is 4.59. The summed E-state index contributed by atoms with van der Waals surface area (Å²) >= 11 is 0. The van der Waals surface area contributed by atoms with E-state index in [-0.39, 0.29) is 12.5 Å². The zero-order valence-electron chi connectivity index (χ0n) is 7.85. The quantitative estimate of drug-likeness (QED) is 0.737. The molecule has 0 bridgehead atoms. The minimum atomic E-state index is -0.408. The van der Waals surface area contributed by atoms with E-state index in [1.165, 1.54) is 0 Å². The molecule has 2 atom stereocenters. The maximum absolute atomic E-state index is 9.49. The van der Waals surface area contributed by atoms with Crippen LogP contribution in [-0.4, -0.2) is 22.9 Å². The average Bonchev–Trinajstić information content (AvgIpc) is 2.15. The molecule has 1 aromatic rings. The van der Waals surface area contributed by atoms with Crippen molar-refractivity contribution in [2.75, 3.05) is 6.61 Å². The van der Waals surface area contributed by atoms with Crippen LogP contribution in [0, 0.1) is 0 Å². The molecule has 0 aliphatic heterocycles. The van der Waals surface area contributed by atoms with Crippen LogP contribution < -0.4 is 0 Å². The molecule has 0 aliphatic carbocycles. The lowest BCUT2D eigenvalue weighted by molar-refractivity contribution is 0.142. The number of benzene rings is 1. The minimum absolute atomic E-state index is 0.0474. The summed E-state index contributed by atoms with van der Waals surface area (Å²) < 4.78 is 0. The van der Waals surface area contributed by atoms with Crippen molar-refractivity contribution in [3.8, 4) is 0 Å². The molecule has 2 N–H and O–H groups in total. The zero-order chi connectivity index (χ0) is 9.68. The number of aliphatic hydroxyl groups excluding tert-OH is 2. The Hall–Kier alpha value is -0.860. The molecule has 0 fully saturated rings. The highest BCUT2D eigenvalue weighted by Gasteiger charge is 2.15. The van der Waals surface area contributed by atoms with Crippen LogP contribution in [0.25, 0.3) is 0 Å². The van der Waals surface area contributed by atoms with Crippen LogP contribution in [-0.2, 0) is 0 Å². The molecule has 2 heteroatoms. The average molecular weight is 180 g/mol. The molecule has 0 saturated heterocycles. The lowest BCUT2D eigenvalue weighted by atomic mass is 9.91. The summed E-state index contributed by atoms with van der Waals surface area (Å²) in [5, 5.41) is 18.3. The lowest BCUT2D eigenvalue weighted by Crippen LogP contribution is -2.15. The van der Waals surface area contributed by atoms with Crippen molar-refractivity contribution in [2.24, 2.45) is 0 Å². The van der Waals surface area contributed by atoms with Gasteiger partial charge in [0.05, 0.1) is 6.10 Å². The van der Waals surface area contributed by atoms with Crippen LogP contribution in [0.15, 0.2) is 30.3 Å². The van der Waals surface area contributed by atoms with E-state index >= 15 is 0 Å². The molecule has 2 nitrogen and oxygen atoms in total. The van der Waals surface area contributed by atoms with E-state index in [9.17, 15) is 5.11 Å². The first-order valence-electron chi connectivity index (χ1n) is 4.59. The van der Waals surface area contributed by atoms with E-state index in [0.29, 0.717) is 6.42 Å². The number of hydrogen-bond donors (Lipinski definition) is 2. The van der Waals surface area contributed by atoms with Gasteiger partial charge >= 0.3 is 0 Å². The second-order valence-corrected chi connectivity index (χ2v) is 3.27. The molecule has 13 heavy (non-hydrogen) atoms. The highest BCUT2D eigenvalue weighted by atomic mass is 16.3. The number of rotatable bonds is 4. The fourth-order valence-electron chi connectivity index (χ4n) is 1.53. The van der Waals surface area contributed by atoms with E-state index in [4.69, 9.17) is 5.11 Å². The Morgan fingerprint density at radius 3 is 2.31 bits per heavy atom. The molecule has 1 rings (SSSR count). The Kier molecular flexibility index (Phi) is 3.93. The Bertz CT molecular complexity index is 231. The molecule has 0 saturated carbocycles. The van der Waals surface area contributed by atoms with Crippen LogP contribution in [0.1, 0.15) is 24.8 Å². The minimum Gasteiger partial charge on any atom is -0.396 e. The van der Waals surface area contributed by atoms with Crippen LogP contribution in [0.2, 0.25) is 0 Å². The Morgan fingerprint density at radius 2 is 1.85 bits per heavy atom. The molecule has 0 amide bonds. The first kappa shape index (κ1) is 10.2. The van der Waals surface area contributed by atoms with Gasteiger partial charge in [-0.15, -0.1) is 0 Å². The van der Waals surface area contributed by atoms with Gasteiger partial charge in [0.2, 0.25) is 0 Å². The molecule has 0 unspecified atom stereocenters. The highest BCUT2D eigenvalue weighted by molar-refractivity contribution is 5.20. The molecule has 1 aromatic carbocycles. The van der Waals surface area contributed by atoms with Crippen LogP contribution in [0.5, 0.6) is 0 Å². The maximum Gasteiger partial charge on any atom is 0.0581 e. The van der Waals surface area contributed by atoms with Crippen molar-refractivity contribution >= 4 is 0 Å². The summed E-state index contributed by atoms with van der Waals surface area (Å²) in [5.74, 6) is 0.0474. The predicted molar refractivity (Wildman–Crippen MR) is 52.6 cm³/mol. The first-order chi connectivity index (χ1) is 6.25. The molecular weight excluding hydrogens is 164 g/mol. The Morgan fingerprint density at radius 1 is 1.23 bits per heavy atom. The lowest BCUT2D eigenvalue weighted by Gasteiger charge is -2.18. The molecule has 72 valence electrons. The summed E-state index contributed by atoms with van der Waals surface area (Å²) in [6.45, 7) is 1.87. The van der Waals surface area contributed by atoms with Gasteiger partial charge in [0.1, 0.15) is 0 Å². The fourth-order valence-corrected chi connectivity index (χ4v) is 1.53. The summed E-state index contributed by atoms with van der Waals surface area (Å²) in [4.78, 5) is 0. The fraction of sp³-hybridized carbons (Fsp3) is 0.455. The van der Waals surface area contributed by atoms with E-state index in [1.54, 1.807) is 6.92 Å². The van der Waals surface area contributed by atoms with Gasteiger partial charge in [-0.3, -0.25) is 0 Å². The molecule has 0 aromatic heterocycles. The monoisotopic (exact) mass is 180 g/mol. The van der Waals surface area contributed by atoms with Crippen molar-refractivity contribution < 1.29 is 10.2 Å². The SMILES string of the molecule is C[C@@H](O)[C@@H](CCO)c1ccccc1. The summed E-state index contributed by atoms with van der Waals surface area (Å²) in [6.07, 6.45) is 0.205. The van der Waals surface area contributed by atoms with E-state index in [2.05, 4.69) is 0 Å². The van der Waals surface area contributed by atoms with Gasteiger partial charge in [-0.25, -0.2) is 0 Å². The predicted octanol–water partition coefficient (Wildman–Crippen LogP) is 1.53. The van der Waals surface area contributed by atoms with Crippen LogP contribution >= 0.6 is 0 Å². The number of hydrogen-bond acceptors (Lipinski definition) is 2. The van der Waals surface area contributed by atoms with Gasteiger partial charge in [-0.05, 0) is 18.9 Å². The van der Waals surface area contributed by atoms with Crippen molar-refractivity contribution in [1.82, 2.24) is 0 Å². The van der Waals surface area contributed by atoms with Gasteiger partial charge in [-0.1, -0.05) is 30.3 Å². The highest BCUT2D eigenvalue weighted by Crippen LogP contribution is 2.22. The van der Waals surface area contributed by atoms with E-state index in [0.717, 1.165) is 5.56 Å². The molecular formula is C11H16O2. The van der Waals surface area contributed by atoms with Crippen molar-refractivity contribution in [1.29, 1.82) is 0 Å². The normalized spacial score (nSPS) is 15.3. The molecule has 0 heterocycles. The van der Waals surface area contributed by atoms with Gasteiger partial charge in [0.15, 0.2) is 0 Å². The van der Waals surface area contributed by atoms with E-state index < -0.39 is 6.10 Å². The summed E-state index contributed by atoms with van der Waals surface area (Å²) in [7, 11) is 0. The van der Waals surface area contributed by atoms with Gasteiger partial charge in [0, 0.05) is 12.5 Å². The summed E-state index contributed by atoms with van der Waals surface area (Å²) in [5.41, 5.74) is 1.09. The number of aliphatic hydroxyl groups is 2. The van der Waals surface area contributed by atoms with Crippen LogP contribution in [0.4, 0.5) is 0 Å². The smallest absolute Gasteiger partial charge is 0.0581 e. The molecule has 0 radical (unpaired) electrons. The maximum atomic E-state index is 9.49. The van der Waals surface area contributed by atoms with Crippen molar-refractivity contribution in [2.45, 2.75) is 25.4 Å². The second-order valence-electron chi connectivity index (χ2n) is 3.27. The van der Waals surface area contributed by atoms with Crippen molar-refractivity contribution in [3.63, 3.8) is 0 Å². The standard InChI is InChI=1S/C11H16O2/c1-9(13)11(7-8-12)10-5-3-2-4-6-10/h2-6,9,11-13H,7-8H2,1H3/t9-,11-/m1/s1. The van der Waals surface area contributed by atoms with Crippen molar-refractivity contribution in [3.05, 3.63) is 35.9 Å². The van der Waals surface area contributed by atoms with E-state index in [1.807, 2.05) is 30.3 Å². The van der Waals surface area contributed by atoms with Crippen LogP contribution in [0.3, 0.4) is 0 Å². The van der Waals surface area contributed by atoms with Gasteiger partial charge < -0.3 is 10.2 Å². The third-order valence-electron chi connectivity index (χ3n) is 2.25. The second kappa shape index (κ2) is 5.00. The van der Waals surface area contributed by atoms with Gasteiger partial charge in [-0.2, -0.15) is 0 Å². The Balaban J connectivity index is 2.76. The summed E-state index contributed by atoms with van der Waals surface area (Å²) in [6, 6.07) is 9.80. The third-order valence-corrected chi connectivity index (χ3v) is 2.25. The third kappa shape index (κ3) is 2.83. The topological polar surface area (TPSA) is 40.5 Å². The Labute approximate surface area is 78.8 Å². The van der Waals surface area contributed by atoms with Gasteiger partial charge in [0.25, 0.3) is 0 Å².